The molecule has 148 valence electrons. The first kappa shape index (κ1) is 20.0. The maximum atomic E-state index is 13.8. The quantitative estimate of drug-likeness (QED) is 0.485. The lowest BCUT2D eigenvalue weighted by Gasteiger charge is -2.34. The molecule has 0 aliphatic heterocycles. The van der Waals surface area contributed by atoms with Gasteiger partial charge in [-0.05, 0) is 24.1 Å². The summed E-state index contributed by atoms with van der Waals surface area (Å²) in [5.74, 6) is -4.58. The van der Waals surface area contributed by atoms with Gasteiger partial charge in [-0.2, -0.15) is 0 Å². The van der Waals surface area contributed by atoms with Gasteiger partial charge in [-0.25, -0.2) is 13.6 Å². The minimum absolute atomic E-state index is 0.0789. The Hall–Kier alpha value is -1.79. The van der Waals surface area contributed by atoms with Crippen molar-refractivity contribution in [3.8, 4) is 0 Å². The lowest BCUT2D eigenvalue weighted by atomic mass is 9.80. The number of aliphatic hydroxyl groups is 1. The Labute approximate surface area is 159 Å². The van der Waals surface area contributed by atoms with Gasteiger partial charge in [-0.1, -0.05) is 30.3 Å². The molecule has 0 saturated heterocycles. The Morgan fingerprint density at radius 1 is 1.22 bits per heavy atom. The van der Waals surface area contributed by atoms with Crippen molar-refractivity contribution in [3.63, 3.8) is 0 Å². The fourth-order valence-electron chi connectivity index (χ4n) is 4.06. The SMILES string of the molecule is C[N+](C)(C)[C@@H]1C=C[C@@H](OC(=O)[C@](O)(c2ccccc2)[C@@H]2CCC(F)(F)C2)C1. The second-order valence-corrected chi connectivity index (χ2v) is 8.68. The summed E-state index contributed by atoms with van der Waals surface area (Å²) in [6.07, 6.45) is 3.21. The predicted octanol–water partition coefficient (Wildman–Crippen LogP) is 3.26. The summed E-state index contributed by atoms with van der Waals surface area (Å²) < 4.78 is 33.9. The van der Waals surface area contributed by atoms with E-state index in [0.29, 0.717) is 16.5 Å². The van der Waals surface area contributed by atoms with Crippen molar-refractivity contribution in [2.45, 2.75) is 49.4 Å². The van der Waals surface area contributed by atoms with Crippen LogP contribution in [0.4, 0.5) is 8.78 Å². The van der Waals surface area contributed by atoms with Crippen LogP contribution in [-0.4, -0.2) is 54.8 Å². The zero-order valence-corrected chi connectivity index (χ0v) is 16.1. The fourth-order valence-corrected chi connectivity index (χ4v) is 4.06. The number of hydrogen-bond donors (Lipinski definition) is 1. The largest absolute Gasteiger partial charge is 0.455 e. The van der Waals surface area contributed by atoms with Crippen LogP contribution in [0.2, 0.25) is 0 Å². The summed E-state index contributed by atoms with van der Waals surface area (Å²) in [4.78, 5) is 13.0. The van der Waals surface area contributed by atoms with Crippen molar-refractivity contribution < 1.29 is 27.9 Å². The number of rotatable bonds is 5. The van der Waals surface area contributed by atoms with Gasteiger partial charge < -0.3 is 14.3 Å². The zero-order chi connectivity index (χ0) is 19.9. The first-order valence-corrected chi connectivity index (χ1v) is 9.38. The van der Waals surface area contributed by atoms with E-state index in [1.54, 1.807) is 30.3 Å². The minimum Gasteiger partial charge on any atom is -0.455 e. The molecule has 1 fully saturated rings. The van der Waals surface area contributed by atoms with Crippen LogP contribution in [0.25, 0.3) is 0 Å². The van der Waals surface area contributed by atoms with Gasteiger partial charge in [-0.3, -0.25) is 0 Å². The highest BCUT2D eigenvalue weighted by Gasteiger charge is 2.55. The third kappa shape index (κ3) is 4.06. The second-order valence-electron chi connectivity index (χ2n) is 8.68. The average molecular weight is 380 g/mol. The van der Waals surface area contributed by atoms with Gasteiger partial charge in [0.25, 0.3) is 0 Å². The monoisotopic (exact) mass is 380 g/mol. The van der Waals surface area contributed by atoms with Gasteiger partial charge in [0.2, 0.25) is 5.92 Å². The topological polar surface area (TPSA) is 46.5 Å². The van der Waals surface area contributed by atoms with Crippen molar-refractivity contribution in [1.82, 2.24) is 0 Å². The Kier molecular flexibility index (Phi) is 5.16. The molecule has 0 heterocycles. The molecule has 4 atom stereocenters. The Bertz CT molecular complexity index is 714. The van der Waals surface area contributed by atoms with E-state index in [9.17, 15) is 18.7 Å². The van der Waals surface area contributed by atoms with Crippen LogP contribution in [-0.2, 0) is 15.1 Å². The molecule has 1 aromatic carbocycles. The molecule has 27 heavy (non-hydrogen) atoms. The molecule has 0 aromatic heterocycles. The number of alkyl halides is 2. The van der Waals surface area contributed by atoms with E-state index in [1.165, 1.54) is 0 Å². The van der Waals surface area contributed by atoms with Crippen LogP contribution < -0.4 is 0 Å². The molecular formula is C21H28F2NO3+. The molecular weight excluding hydrogens is 352 g/mol. The number of esters is 1. The molecule has 1 N–H and O–H groups in total. The summed E-state index contributed by atoms with van der Waals surface area (Å²) in [7, 11) is 6.17. The summed E-state index contributed by atoms with van der Waals surface area (Å²) in [5.41, 5.74) is -1.76. The van der Waals surface area contributed by atoms with E-state index in [-0.39, 0.29) is 18.9 Å². The van der Waals surface area contributed by atoms with E-state index in [0.717, 1.165) is 0 Å². The number of nitrogens with zero attached hydrogens (tertiary/aromatic N) is 1. The molecule has 0 unspecified atom stereocenters. The molecule has 2 aliphatic rings. The van der Waals surface area contributed by atoms with E-state index >= 15 is 0 Å². The number of hydrogen-bond acceptors (Lipinski definition) is 3. The van der Waals surface area contributed by atoms with Crippen LogP contribution in [0.3, 0.4) is 0 Å². The highest BCUT2D eigenvalue weighted by Crippen LogP contribution is 2.48. The highest BCUT2D eigenvalue weighted by atomic mass is 19.3. The van der Waals surface area contributed by atoms with Crippen molar-refractivity contribution in [2.75, 3.05) is 21.1 Å². The third-order valence-corrected chi connectivity index (χ3v) is 5.79. The molecule has 0 bridgehead atoms. The molecule has 0 amide bonds. The molecule has 0 spiro atoms. The minimum atomic E-state index is -2.87. The van der Waals surface area contributed by atoms with Crippen molar-refractivity contribution in [3.05, 3.63) is 48.0 Å². The molecule has 1 saturated carbocycles. The van der Waals surface area contributed by atoms with Crippen LogP contribution in [0.5, 0.6) is 0 Å². The molecule has 4 nitrogen and oxygen atoms in total. The van der Waals surface area contributed by atoms with E-state index in [1.807, 2.05) is 12.2 Å². The molecule has 0 radical (unpaired) electrons. The number of likely N-dealkylation sites (N-methyl/N-ethyl adjacent to an activating group) is 1. The van der Waals surface area contributed by atoms with Crippen LogP contribution in [0.15, 0.2) is 42.5 Å². The molecule has 3 rings (SSSR count). The maximum Gasteiger partial charge on any atom is 0.343 e. The first-order valence-electron chi connectivity index (χ1n) is 9.38. The Balaban J connectivity index is 1.82. The summed E-state index contributed by atoms with van der Waals surface area (Å²) in [6.45, 7) is 0. The van der Waals surface area contributed by atoms with Crippen LogP contribution in [0.1, 0.15) is 31.2 Å². The number of carbonyl (C=O) groups is 1. The van der Waals surface area contributed by atoms with Crippen LogP contribution in [0, 0.1) is 5.92 Å². The van der Waals surface area contributed by atoms with E-state index < -0.39 is 35.9 Å². The fraction of sp³-hybridized carbons (Fsp3) is 0.571. The normalized spacial score (nSPS) is 29.5. The van der Waals surface area contributed by atoms with Crippen molar-refractivity contribution >= 4 is 5.97 Å². The third-order valence-electron chi connectivity index (χ3n) is 5.79. The predicted molar refractivity (Wildman–Crippen MR) is 98.1 cm³/mol. The van der Waals surface area contributed by atoms with Crippen molar-refractivity contribution in [1.29, 1.82) is 0 Å². The Morgan fingerprint density at radius 3 is 2.41 bits per heavy atom. The standard InChI is InChI=1S/C21H28F2NO3/c1-24(2,3)17-9-10-18(13-17)27-19(25)21(26,15-7-5-4-6-8-15)16-11-12-20(22,23)14-16/h4-10,16-18,26H,11-14H2,1-3H3/q+1/t16-,17-,18-,21+/m1/s1. The molecule has 1 aromatic rings. The maximum absolute atomic E-state index is 13.8. The summed E-state index contributed by atoms with van der Waals surface area (Å²) >= 11 is 0. The summed E-state index contributed by atoms with van der Waals surface area (Å²) in [6, 6.07) is 8.51. The zero-order valence-electron chi connectivity index (χ0n) is 16.1. The smallest absolute Gasteiger partial charge is 0.343 e. The molecule has 2 aliphatic carbocycles. The van der Waals surface area contributed by atoms with Gasteiger partial charge in [-0.15, -0.1) is 0 Å². The number of quaternary nitrogens is 1. The lowest BCUT2D eigenvalue weighted by molar-refractivity contribution is -0.889. The van der Waals surface area contributed by atoms with E-state index in [2.05, 4.69) is 21.1 Å². The van der Waals surface area contributed by atoms with Gasteiger partial charge in [0.05, 0.1) is 21.1 Å². The Morgan fingerprint density at radius 2 is 1.89 bits per heavy atom. The van der Waals surface area contributed by atoms with Crippen molar-refractivity contribution in [2.24, 2.45) is 5.92 Å². The van der Waals surface area contributed by atoms with Gasteiger partial charge in [0.1, 0.15) is 12.1 Å². The van der Waals surface area contributed by atoms with Gasteiger partial charge in [0.15, 0.2) is 5.60 Å². The first-order chi connectivity index (χ1) is 12.5. The number of halogens is 2. The van der Waals surface area contributed by atoms with Gasteiger partial charge in [0, 0.05) is 25.2 Å². The average Bonchev–Trinajstić information content (AvgIpc) is 3.21. The lowest BCUT2D eigenvalue weighted by Crippen LogP contribution is -2.46. The number of ether oxygens (including phenoxy) is 1. The second kappa shape index (κ2) is 6.99. The van der Waals surface area contributed by atoms with E-state index in [4.69, 9.17) is 4.74 Å². The molecule has 6 heteroatoms. The van der Waals surface area contributed by atoms with Gasteiger partial charge >= 0.3 is 5.97 Å². The highest BCUT2D eigenvalue weighted by molar-refractivity contribution is 5.82. The van der Waals surface area contributed by atoms with Crippen LogP contribution >= 0.6 is 0 Å². The summed E-state index contributed by atoms with van der Waals surface area (Å²) in [5, 5.41) is 11.3. The number of carbonyl (C=O) groups excluding carboxylic acids is 1. The number of benzene rings is 1.